The number of carbonyl (C=O) groups excluding carboxylic acids is 1. The summed E-state index contributed by atoms with van der Waals surface area (Å²) in [5.74, 6) is -1.82. The molecule has 0 bridgehead atoms. The first-order valence-electron chi connectivity index (χ1n) is 4.74. The van der Waals surface area contributed by atoms with E-state index in [1.807, 2.05) is 0 Å². The second-order valence-corrected chi connectivity index (χ2v) is 3.24. The summed E-state index contributed by atoms with van der Waals surface area (Å²) in [4.78, 5) is 15.3. The highest BCUT2D eigenvalue weighted by Crippen LogP contribution is 2.09. The average molecular weight is 238 g/mol. The van der Waals surface area contributed by atoms with Crippen molar-refractivity contribution in [2.75, 3.05) is 0 Å². The van der Waals surface area contributed by atoms with Gasteiger partial charge in [-0.25, -0.2) is 13.8 Å². The first kappa shape index (κ1) is 11.2. The molecule has 0 unspecified atom stereocenters. The quantitative estimate of drug-likeness (QED) is 0.838. The van der Waals surface area contributed by atoms with E-state index in [4.69, 9.17) is 0 Å². The highest BCUT2D eigenvalue weighted by atomic mass is 19.1. The Kier molecular flexibility index (Phi) is 3.08. The van der Waals surface area contributed by atoms with Gasteiger partial charge in [0.05, 0.1) is 12.1 Å². The Balaban J connectivity index is 2.04. The number of aromatic amines is 1. The number of nitrogens with zero attached hydrogens (tertiary/aromatic N) is 2. The van der Waals surface area contributed by atoms with Crippen molar-refractivity contribution in [2.45, 2.75) is 6.54 Å². The zero-order chi connectivity index (χ0) is 12.3. The van der Waals surface area contributed by atoms with Gasteiger partial charge in [0.15, 0.2) is 0 Å². The molecule has 1 amide bonds. The first-order chi connectivity index (χ1) is 8.16. The van der Waals surface area contributed by atoms with Crippen LogP contribution in [0.3, 0.4) is 0 Å². The van der Waals surface area contributed by atoms with Crippen LogP contribution in [-0.2, 0) is 6.54 Å². The van der Waals surface area contributed by atoms with E-state index in [1.54, 1.807) is 0 Å². The molecule has 1 aromatic heterocycles. The monoisotopic (exact) mass is 238 g/mol. The normalized spacial score (nSPS) is 10.2. The molecule has 17 heavy (non-hydrogen) atoms. The number of rotatable bonds is 3. The predicted octanol–water partition coefficient (Wildman–Crippen LogP) is 1.01. The maximum atomic E-state index is 13.2. The molecule has 0 saturated carbocycles. The molecule has 2 rings (SSSR count). The third kappa shape index (κ3) is 2.63. The van der Waals surface area contributed by atoms with Gasteiger partial charge in [0, 0.05) is 6.07 Å². The van der Waals surface area contributed by atoms with Crippen molar-refractivity contribution in [3.8, 4) is 0 Å². The Bertz CT molecular complexity index is 527. The smallest absolute Gasteiger partial charge is 0.254 e. The van der Waals surface area contributed by atoms with Crippen molar-refractivity contribution in [3.05, 3.63) is 47.5 Å². The van der Waals surface area contributed by atoms with Crippen LogP contribution in [0.2, 0.25) is 0 Å². The van der Waals surface area contributed by atoms with Crippen LogP contribution in [0.1, 0.15) is 16.2 Å². The fourth-order valence-electron chi connectivity index (χ4n) is 1.25. The van der Waals surface area contributed by atoms with E-state index in [2.05, 4.69) is 20.5 Å². The molecule has 0 saturated heterocycles. The van der Waals surface area contributed by atoms with E-state index in [9.17, 15) is 13.6 Å². The van der Waals surface area contributed by atoms with Crippen LogP contribution in [0.4, 0.5) is 8.78 Å². The van der Waals surface area contributed by atoms with Crippen molar-refractivity contribution in [1.82, 2.24) is 20.5 Å². The maximum absolute atomic E-state index is 13.2. The molecule has 2 aromatic rings. The fraction of sp³-hybridized carbons (Fsp3) is 0.100. The highest BCUT2D eigenvalue weighted by molar-refractivity contribution is 5.94. The van der Waals surface area contributed by atoms with Crippen LogP contribution in [0.25, 0.3) is 0 Å². The molecular weight excluding hydrogens is 230 g/mol. The maximum Gasteiger partial charge on any atom is 0.254 e. The van der Waals surface area contributed by atoms with E-state index in [0.29, 0.717) is 11.9 Å². The summed E-state index contributed by atoms with van der Waals surface area (Å²) in [6, 6.07) is 2.76. The Morgan fingerprint density at radius 2 is 2.24 bits per heavy atom. The number of hydrogen-bond donors (Lipinski definition) is 2. The summed E-state index contributed by atoms with van der Waals surface area (Å²) < 4.78 is 25.9. The summed E-state index contributed by atoms with van der Waals surface area (Å²) in [6.45, 7) is 0.0929. The predicted molar refractivity (Wildman–Crippen MR) is 53.9 cm³/mol. The third-order valence-electron chi connectivity index (χ3n) is 2.06. The number of nitrogens with one attached hydrogen (secondary N) is 2. The lowest BCUT2D eigenvalue weighted by atomic mass is 10.2. The van der Waals surface area contributed by atoms with Gasteiger partial charge in [-0.3, -0.25) is 9.89 Å². The molecule has 2 N–H and O–H groups in total. The zero-order valence-corrected chi connectivity index (χ0v) is 8.58. The molecule has 1 heterocycles. The average Bonchev–Trinajstić information content (AvgIpc) is 2.78. The largest absolute Gasteiger partial charge is 0.345 e. The lowest BCUT2D eigenvalue weighted by Crippen LogP contribution is -2.24. The molecule has 7 heteroatoms. The Morgan fingerprint density at radius 1 is 1.41 bits per heavy atom. The van der Waals surface area contributed by atoms with Crippen LogP contribution >= 0.6 is 0 Å². The summed E-state index contributed by atoms with van der Waals surface area (Å²) in [5.41, 5.74) is -0.217. The number of hydrogen-bond acceptors (Lipinski definition) is 3. The summed E-state index contributed by atoms with van der Waals surface area (Å²) in [6.07, 6.45) is 1.29. The lowest BCUT2D eigenvalue weighted by Gasteiger charge is -2.04. The van der Waals surface area contributed by atoms with Gasteiger partial charge >= 0.3 is 0 Å². The Hall–Kier alpha value is -2.31. The zero-order valence-electron chi connectivity index (χ0n) is 8.58. The minimum Gasteiger partial charge on any atom is -0.345 e. The Labute approximate surface area is 94.9 Å². The van der Waals surface area contributed by atoms with Gasteiger partial charge in [-0.2, -0.15) is 5.10 Å². The van der Waals surface area contributed by atoms with Gasteiger partial charge < -0.3 is 5.32 Å². The van der Waals surface area contributed by atoms with Crippen LogP contribution in [0.15, 0.2) is 24.5 Å². The summed E-state index contributed by atoms with van der Waals surface area (Å²) in [7, 11) is 0. The number of H-pyrrole nitrogens is 1. The topological polar surface area (TPSA) is 70.7 Å². The summed E-state index contributed by atoms with van der Waals surface area (Å²) in [5, 5.41) is 8.56. The van der Waals surface area contributed by atoms with Crippen molar-refractivity contribution < 1.29 is 13.6 Å². The molecule has 0 aliphatic rings. The van der Waals surface area contributed by atoms with Gasteiger partial charge in [-0.1, -0.05) is 0 Å². The van der Waals surface area contributed by atoms with Crippen LogP contribution < -0.4 is 5.32 Å². The van der Waals surface area contributed by atoms with Gasteiger partial charge in [0.1, 0.15) is 23.8 Å². The lowest BCUT2D eigenvalue weighted by molar-refractivity contribution is 0.0946. The van der Waals surface area contributed by atoms with E-state index >= 15 is 0 Å². The highest BCUT2D eigenvalue weighted by Gasteiger charge is 2.12. The van der Waals surface area contributed by atoms with Crippen molar-refractivity contribution in [3.63, 3.8) is 0 Å². The van der Waals surface area contributed by atoms with Gasteiger partial charge in [0.25, 0.3) is 5.91 Å². The van der Waals surface area contributed by atoms with Crippen LogP contribution in [0.5, 0.6) is 0 Å². The molecule has 1 aromatic carbocycles. The van der Waals surface area contributed by atoms with Gasteiger partial charge in [-0.05, 0) is 12.1 Å². The molecule has 0 atom stereocenters. The number of amides is 1. The fourth-order valence-corrected chi connectivity index (χ4v) is 1.25. The van der Waals surface area contributed by atoms with E-state index in [1.165, 1.54) is 6.33 Å². The molecule has 88 valence electrons. The number of aromatic nitrogens is 3. The second-order valence-electron chi connectivity index (χ2n) is 3.24. The van der Waals surface area contributed by atoms with Crippen molar-refractivity contribution >= 4 is 5.91 Å². The molecule has 0 aliphatic heterocycles. The molecule has 0 spiro atoms. The molecule has 0 fully saturated rings. The second kappa shape index (κ2) is 4.69. The van der Waals surface area contributed by atoms with Crippen LogP contribution in [0, 0.1) is 11.6 Å². The Morgan fingerprint density at radius 3 is 2.88 bits per heavy atom. The number of halogens is 2. The minimum absolute atomic E-state index is 0.0929. The molecule has 0 radical (unpaired) electrons. The standard InChI is InChI=1S/C10H8F2N4O/c11-6-1-2-7(8(12)3-6)10(17)13-4-9-14-5-15-16-9/h1-3,5H,4H2,(H,13,17)(H,14,15,16). The first-order valence-corrected chi connectivity index (χ1v) is 4.74. The minimum atomic E-state index is -0.903. The van der Waals surface area contributed by atoms with E-state index in [-0.39, 0.29) is 12.1 Å². The number of carbonyl (C=O) groups is 1. The number of benzene rings is 1. The molecule has 0 aliphatic carbocycles. The van der Waals surface area contributed by atoms with Crippen LogP contribution in [-0.4, -0.2) is 21.1 Å². The molecule has 5 nitrogen and oxygen atoms in total. The summed E-state index contributed by atoms with van der Waals surface area (Å²) >= 11 is 0. The van der Waals surface area contributed by atoms with Crippen molar-refractivity contribution in [2.24, 2.45) is 0 Å². The van der Waals surface area contributed by atoms with E-state index in [0.717, 1.165) is 12.1 Å². The van der Waals surface area contributed by atoms with Gasteiger partial charge in [-0.15, -0.1) is 0 Å². The third-order valence-corrected chi connectivity index (χ3v) is 2.06. The SMILES string of the molecule is O=C(NCc1ncn[nH]1)c1ccc(F)cc1F. The molecular formula is C10H8F2N4O. The van der Waals surface area contributed by atoms with Crippen molar-refractivity contribution in [1.29, 1.82) is 0 Å². The van der Waals surface area contributed by atoms with Gasteiger partial charge in [0.2, 0.25) is 0 Å². The van der Waals surface area contributed by atoms with E-state index < -0.39 is 17.5 Å².